The van der Waals surface area contributed by atoms with Gasteiger partial charge in [-0.3, -0.25) is 0 Å². The van der Waals surface area contributed by atoms with Crippen LogP contribution in [0.5, 0.6) is 0 Å². The van der Waals surface area contributed by atoms with Gasteiger partial charge < -0.3 is 9.72 Å². The molecule has 0 amide bonds. The molecule has 0 fully saturated rings. The molecule has 4 nitrogen and oxygen atoms in total. The average molecular weight is 205 g/mol. The Balaban J connectivity index is 2.20. The van der Waals surface area contributed by atoms with Crippen LogP contribution in [0.2, 0.25) is 0 Å². The second kappa shape index (κ2) is 4.40. The van der Waals surface area contributed by atoms with Crippen LogP contribution in [0, 0.1) is 6.92 Å². The van der Waals surface area contributed by atoms with E-state index in [0.717, 1.165) is 36.4 Å². The minimum Gasteiger partial charge on any atom is -0.385 e. The minimum absolute atomic E-state index is 0.767. The third-order valence-corrected chi connectivity index (χ3v) is 2.41. The Morgan fingerprint density at radius 2 is 2.33 bits per heavy atom. The molecule has 0 bridgehead atoms. The number of nitrogens with zero attached hydrogens (tertiary/aromatic N) is 2. The summed E-state index contributed by atoms with van der Waals surface area (Å²) in [6.07, 6.45) is 3.68. The number of aromatic nitrogens is 3. The predicted molar refractivity (Wildman–Crippen MR) is 58.8 cm³/mol. The van der Waals surface area contributed by atoms with Crippen LogP contribution in [0.25, 0.3) is 11.2 Å². The number of hydrogen-bond donors (Lipinski definition) is 1. The van der Waals surface area contributed by atoms with Crippen LogP contribution in [0.3, 0.4) is 0 Å². The summed E-state index contributed by atoms with van der Waals surface area (Å²) in [7, 11) is 1.71. The van der Waals surface area contributed by atoms with Crippen LogP contribution in [-0.4, -0.2) is 28.7 Å². The fourth-order valence-electron chi connectivity index (χ4n) is 1.59. The zero-order chi connectivity index (χ0) is 10.7. The maximum atomic E-state index is 5.00. The van der Waals surface area contributed by atoms with Gasteiger partial charge in [0.25, 0.3) is 0 Å². The van der Waals surface area contributed by atoms with Gasteiger partial charge in [0, 0.05) is 26.3 Å². The van der Waals surface area contributed by atoms with Crippen molar-refractivity contribution in [3.05, 3.63) is 23.7 Å². The molecule has 4 heteroatoms. The van der Waals surface area contributed by atoms with Gasteiger partial charge in [0.2, 0.25) is 0 Å². The first-order valence-electron chi connectivity index (χ1n) is 5.10. The summed E-state index contributed by atoms with van der Waals surface area (Å²) in [4.78, 5) is 11.9. The van der Waals surface area contributed by atoms with E-state index in [9.17, 15) is 0 Å². The number of fused-ring (bicyclic) bond motifs is 1. The maximum Gasteiger partial charge on any atom is 0.177 e. The van der Waals surface area contributed by atoms with Crippen LogP contribution in [-0.2, 0) is 11.2 Å². The molecule has 0 aliphatic heterocycles. The Labute approximate surface area is 88.7 Å². The van der Waals surface area contributed by atoms with Crippen LogP contribution in [0.1, 0.15) is 17.8 Å². The SMILES string of the molecule is COCCCc1nc2nccc(C)c2[nH]1. The van der Waals surface area contributed by atoms with E-state index in [1.807, 2.05) is 6.07 Å². The first-order valence-corrected chi connectivity index (χ1v) is 5.10. The maximum absolute atomic E-state index is 5.00. The van der Waals surface area contributed by atoms with E-state index >= 15 is 0 Å². The standard InChI is InChI=1S/C11H15N3O/c1-8-5-6-12-11-10(8)13-9(14-11)4-3-7-15-2/h5-6H,3-4,7H2,1-2H3,(H,12,13,14). The second-order valence-electron chi connectivity index (χ2n) is 3.61. The summed E-state index contributed by atoms with van der Waals surface area (Å²) in [6.45, 7) is 2.82. The van der Waals surface area contributed by atoms with E-state index in [0.29, 0.717) is 0 Å². The smallest absolute Gasteiger partial charge is 0.177 e. The van der Waals surface area contributed by atoms with E-state index in [-0.39, 0.29) is 0 Å². The molecule has 0 aliphatic carbocycles. The van der Waals surface area contributed by atoms with Gasteiger partial charge in [-0.05, 0) is 25.0 Å². The summed E-state index contributed by atoms with van der Waals surface area (Å²) in [5.74, 6) is 0.990. The lowest BCUT2D eigenvalue weighted by molar-refractivity contribution is 0.194. The molecule has 0 aliphatic rings. The summed E-state index contributed by atoms with van der Waals surface area (Å²) < 4.78 is 5.00. The quantitative estimate of drug-likeness (QED) is 0.775. The van der Waals surface area contributed by atoms with Crippen molar-refractivity contribution in [3.8, 4) is 0 Å². The van der Waals surface area contributed by atoms with Gasteiger partial charge in [0.15, 0.2) is 5.65 Å². The number of aromatic amines is 1. The van der Waals surface area contributed by atoms with Gasteiger partial charge >= 0.3 is 0 Å². The van der Waals surface area contributed by atoms with Crippen LogP contribution < -0.4 is 0 Å². The lowest BCUT2D eigenvalue weighted by atomic mass is 10.3. The highest BCUT2D eigenvalue weighted by atomic mass is 16.5. The average Bonchev–Trinajstić information content (AvgIpc) is 2.63. The Bertz CT molecular complexity index is 450. The summed E-state index contributed by atoms with van der Waals surface area (Å²) in [5.41, 5.74) is 3.04. The Morgan fingerprint density at radius 1 is 1.47 bits per heavy atom. The molecule has 0 aromatic carbocycles. The van der Waals surface area contributed by atoms with Crippen molar-refractivity contribution in [3.63, 3.8) is 0 Å². The van der Waals surface area contributed by atoms with Gasteiger partial charge in [0.05, 0.1) is 5.52 Å². The first-order chi connectivity index (χ1) is 7.31. The molecule has 0 radical (unpaired) electrons. The molecule has 0 saturated carbocycles. The molecule has 2 heterocycles. The number of rotatable bonds is 4. The molecule has 80 valence electrons. The molecular weight excluding hydrogens is 190 g/mol. The van der Waals surface area contributed by atoms with Crippen molar-refractivity contribution < 1.29 is 4.74 Å². The molecule has 2 rings (SSSR count). The van der Waals surface area contributed by atoms with Crippen molar-refractivity contribution >= 4 is 11.2 Å². The number of nitrogens with one attached hydrogen (secondary N) is 1. The highest BCUT2D eigenvalue weighted by Crippen LogP contribution is 2.13. The Morgan fingerprint density at radius 3 is 3.07 bits per heavy atom. The summed E-state index contributed by atoms with van der Waals surface area (Å²) >= 11 is 0. The van der Waals surface area contributed by atoms with Crippen LogP contribution >= 0.6 is 0 Å². The predicted octanol–water partition coefficient (Wildman–Crippen LogP) is 1.85. The highest BCUT2D eigenvalue weighted by Gasteiger charge is 2.04. The monoisotopic (exact) mass is 205 g/mol. The largest absolute Gasteiger partial charge is 0.385 e. The normalized spacial score (nSPS) is 11.1. The number of ether oxygens (including phenoxy) is 1. The van der Waals surface area contributed by atoms with Crippen molar-refractivity contribution in [2.45, 2.75) is 19.8 Å². The molecule has 0 spiro atoms. The molecule has 0 unspecified atom stereocenters. The molecule has 2 aromatic rings. The second-order valence-corrected chi connectivity index (χ2v) is 3.61. The fraction of sp³-hybridized carbons (Fsp3) is 0.455. The minimum atomic E-state index is 0.767. The molecule has 15 heavy (non-hydrogen) atoms. The molecule has 0 saturated heterocycles. The van der Waals surface area contributed by atoms with E-state index in [4.69, 9.17) is 4.74 Å². The van der Waals surface area contributed by atoms with Gasteiger partial charge in [-0.25, -0.2) is 9.97 Å². The van der Waals surface area contributed by atoms with Crippen LogP contribution in [0.4, 0.5) is 0 Å². The van der Waals surface area contributed by atoms with E-state index in [2.05, 4.69) is 21.9 Å². The lowest BCUT2D eigenvalue weighted by Crippen LogP contribution is -1.94. The molecule has 2 aromatic heterocycles. The summed E-state index contributed by atoms with van der Waals surface area (Å²) in [5, 5.41) is 0. The highest BCUT2D eigenvalue weighted by molar-refractivity contribution is 5.74. The van der Waals surface area contributed by atoms with Crippen molar-refractivity contribution in [2.75, 3.05) is 13.7 Å². The van der Waals surface area contributed by atoms with Crippen molar-refractivity contribution in [2.24, 2.45) is 0 Å². The zero-order valence-electron chi connectivity index (χ0n) is 9.08. The topological polar surface area (TPSA) is 50.8 Å². The van der Waals surface area contributed by atoms with Crippen molar-refractivity contribution in [1.82, 2.24) is 15.0 Å². The number of hydrogen-bond acceptors (Lipinski definition) is 3. The van der Waals surface area contributed by atoms with Gasteiger partial charge in [0.1, 0.15) is 5.82 Å². The van der Waals surface area contributed by atoms with E-state index in [1.165, 1.54) is 5.56 Å². The number of methoxy groups -OCH3 is 1. The molecule has 1 N–H and O–H groups in total. The first kappa shape index (κ1) is 10.1. The van der Waals surface area contributed by atoms with Gasteiger partial charge in [-0.1, -0.05) is 0 Å². The molecular formula is C11H15N3O. The fourth-order valence-corrected chi connectivity index (χ4v) is 1.59. The Kier molecular flexibility index (Phi) is 2.97. The number of H-pyrrole nitrogens is 1. The summed E-state index contributed by atoms with van der Waals surface area (Å²) in [6, 6.07) is 1.99. The number of pyridine rings is 1. The Hall–Kier alpha value is -1.42. The van der Waals surface area contributed by atoms with E-state index < -0.39 is 0 Å². The van der Waals surface area contributed by atoms with Gasteiger partial charge in [-0.2, -0.15) is 0 Å². The van der Waals surface area contributed by atoms with Crippen molar-refractivity contribution in [1.29, 1.82) is 0 Å². The van der Waals surface area contributed by atoms with E-state index in [1.54, 1.807) is 13.3 Å². The number of aryl methyl sites for hydroxylation is 2. The molecule has 0 atom stereocenters. The zero-order valence-corrected chi connectivity index (χ0v) is 9.08. The lowest BCUT2D eigenvalue weighted by Gasteiger charge is -1.95. The third-order valence-electron chi connectivity index (χ3n) is 2.41. The third kappa shape index (κ3) is 2.15. The van der Waals surface area contributed by atoms with Gasteiger partial charge in [-0.15, -0.1) is 0 Å². The van der Waals surface area contributed by atoms with Crippen LogP contribution in [0.15, 0.2) is 12.3 Å². The number of imidazole rings is 1.